The van der Waals surface area contributed by atoms with E-state index in [2.05, 4.69) is 28.2 Å². The summed E-state index contributed by atoms with van der Waals surface area (Å²) in [6, 6.07) is 4.34. The van der Waals surface area contributed by atoms with Gasteiger partial charge in [0.2, 0.25) is 0 Å². The van der Waals surface area contributed by atoms with Crippen LogP contribution in [-0.2, 0) is 6.54 Å². The van der Waals surface area contributed by atoms with Gasteiger partial charge in [-0.3, -0.25) is 4.90 Å². The number of nitrogens with zero attached hydrogens (tertiary/aromatic N) is 4. The fourth-order valence-corrected chi connectivity index (χ4v) is 2.94. The van der Waals surface area contributed by atoms with Crippen molar-refractivity contribution in [3.8, 4) is 0 Å². The number of piperidine rings is 1. The smallest absolute Gasteiger partial charge is 0.126 e. The van der Waals surface area contributed by atoms with Crippen LogP contribution in [0.15, 0.2) is 34.6 Å². The van der Waals surface area contributed by atoms with Gasteiger partial charge in [0.05, 0.1) is 24.2 Å². The van der Waals surface area contributed by atoms with Gasteiger partial charge in [0.1, 0.15) is 5.76 Å². The maximum absolute atomic E-state index is 5.59. The first kappa shape index (κ1) is 15.0. The van der Waals surface area contributed by atoms with Gasteiger partial charge >= 0.3 is 0 Å². The average Bonchev–Trinajstić information content (AvgIpc) is 3.19. The van der Waals surface area contributed by atoms with Crippen molar-refractivity contribution < 1.29 is 4.42 Å². The molecule has 0 unspecified atom stereocenters. The second-order valence-corrected chi connectivity index (χ2v) is 5.91. The Hall–Kier alpha value is -1.92. The molecule has 2 N–H and O–H groups in total. The third-order valence-corrected chi connectivity index (χ3v) is 4.10. The van der Waals surface area contributed by atoms with E-state index >= 15 is 0 Å². The number of hydrogen-bond acceptors (Lipinski definition) is 5. The van der Waals surface area contributed by atoms with Crippen molar-refractivity contribution in [1.82, 2.24) is 19.9 Å². The molecule has 118 valence electrons. The Morgan fingerprint density at radius 2 is 2.27 bits per heavy atom. The van der Waals surface area contributed by atoms with E-state index in [1.54, 1.807) is 6.26 Å². The van der Waals surface area contributed by atoms with E-state index in [1.165, 1.54) is 5.57 Å². The molecule has 2 aromatic heterocycles. The number of furan rings is 1. The lowest BCUT2D eigenvalue weighted by molar-refractivity contribution is 0.191. The highest BCUT2D eigenvalue weighted by atomic mass is 16.3. The third kappa shape index (κ3) is 3.64. The average molecular weight is 301 g/mol. The Bertz CT molecular complexity index is 608. The van der Waals surface area contributed by atoms with E-state index in [-0.39, 0.29) is 0 Å². The highest BCUT2D eigenvalue weighted by molar-refractivity contribution is 5.46. The van der Waals surface area contributed by atoms with E-state index in [0.29, 0.717) is 12.6 Å². The minimum atomic E-state index is 0.443. The maximum Gasteiger partial charge on any atom is 0.126 e. The number of hydrogen-bond donors (Lipinski definition) is 1. The van der Waals surface area contributed by atoms with Crippen molar-refractivity contribution in [3.63, 3.8) is 0 Å². The van der Waals surface area contributed by atoms with Crippen LogP contribution in [0.25, 0.3) is 6.08 Å². The molecule has 0 spiro atoms. The standard InChI is InChI=1S/C16H23N5O/c1-13(9-16-3-2-8-22-16)11-20-6-4-15(5-7-20)21-12-14(10-17)18-19-21/h2-3,8-9,12,15H,4-7,10-11,17H2,1H3/b13-9+. The Balaban J connectivity index is 1.51. The van der Waals surface area contributed by atoms with Crippen molar-refractivity contribution in [3.05, 3.63) is 41.6 Å². The van der Waals surface area contributed by atoms with Gasteiger partial charge in [0.25, 0.3) is 0 Å². The van der Waals surface area contributed by atoms with E-state index in [1.807, 2.05) is 23.0 Å². The number of likely N-dealkylation sites (tertiary alicyclic amines) is 1. The summed E-state index contributed by atoms with van der Waals surface area (Å²) in [6.07, 6.45) is 7.99. The summed E-state index contributed by atoms with van der Waals surface area (Å²) in [4.78, 5) is 2.48. The Morgan fingerprint density at radius 3 is 2.91 bits per heavy atom. The summed E-state index contributed by atoms with van der Waals surface area (Å²) in [6.45, 7) is 5.74. The van der Waals surface area contributed by atoms with Crippen molar-refractivity contribution in [2.24, 2.45) is 5.73 Å². The minimum Gasteiger partial charge on any atom is -0.465 e. The molecule has 0 aromatic carbocycles. The molecule has 3 heterocycles. The van der Waals surface area contributed by atoms with Gasteiger partial charge in [-0.1, -0.05) is 10.8 Å². The van der Waals surface area contributed by atoms with E-state index in [9.17, 15) is 0 Å². The summed E-state index contributed by atoms with van der Waals surface area (Å²) >= 11 is 0. The van der Waals surface area contributed by atoms with Crippen molar-refractivity contribution >= 4 is 6.08 Å². The highest BCUT2D eigenvalue weighted by Gasteiger charge is 2.21. The fraction of sp³-hybridized carbons (Fsp3) is 0.500. The van der Waals surface area contributed by atoms with Gasteiger partial charge in [-0.2, -0.15) is 0 Å². The molecule has 0 saturated carbocycles. The highest BCUT2D eigenvalue weighted by Crippen LogP contribution is 2.22. The summed E-state index contributed by atoms with van der Waals surface area (Å²) in [5.41, 5.74) is 7.77. The third-order valence-electron chi connectivity index (χ3n) is 4.10. The molecule has 3 rings (SSSR count). The molecule has 1 aliphatic heterocycles. The molecule has 0 bridgehead atoms. The Morgan fingerprint density at radius 1 is 1.45 bits per heavy atom. The molecule has 2 aromatic rings. The van der Waals surface area contributed by atoms with E-state index < -0.39 is 0 Å². The normalized spacial score (nSPS) is 18.0. The predicted molar refractivity (Wildman–Crippen MR) is 85.0 cm³/mol. The molecule has 0 amide bonds. The van der Waals surface area contributed by atoms with Crippen LogP contribution in [0.1, 0.15) is 37.3 Å². The lowest BCUT2D eigenvalue weighted by Crippen LogP contribution is -2.35. The molecule has 0 aliphatic carbocycles. The predicted octanol–water partition coefficient (Wildman–Crippen LogP) is 2.07. The molecule has 0 radical (unpaired) electrons. The zero-order chi connectivity index (χ0) is 15.4. The van der Waals surface area contributed by atoms with Crippen molar-refractivity contribution in [2.75, 3.05) is 19.6 Å². The van der Waals surface area contributed by atoms with E-state index in [0.717, 1.165) is 43.9 Å². The van der Waals surface area contributed by atoms with Gasteiger partial charge < -0.3 is 10.2 Å². The monoisotopic (exact) mass is 301 g/mol. The van der Waals surface area contributed by atoms with E-state index in [4.69, 9.17) is 10.2 Å². The second-order valence-electron chi connectivity index (χ2n) is 5.91. The Labute approximate surface area is 130 Å². The van der Waals surface area contributed by atoms with Crippen LogP contribution in [0.2, 0.25) is 0 Å². The molecule has 0 atom stereocenters. The van der Waals surface area contributed by atoms with Crippen LogP contribution in [0.4, 0.5) is 0 Å². The van der Waals surface area contributed by atoms with Crippen molar-refractivity contribution in [1.29, 1.82) is 0 Å². The zero-order valence-electron chi connectivity index (χ0n) is 13.0. The quantitative estimate of drug-likeness (QED) is 0.915. The largest absolute Gasteiger partial charge is 0.465 e. The molecular formula is C16H23N5O. The molecule has 1 fully saturated rings. The van der Waals surface area contributed by atoms with Crippen LogP contribution < -0.4 is 5.73 Å². The number of rotatable bonds is 5. The maximum atomic E-state index is 5.59. The number of nitrogens with two attached hydrogens (primary N) is 1. The van der Waals surface area contributed by atoms with Crippen LogP contribution in [0.3, 0.4) is 0 Å². The molecule has 6 heteroatoms. The fourth-order valence-electron chi connectivity index (χ4n) is 2.94. The van der Waals surface area contributed by atoms with Gasteiger partial charge in [0.15, 0.2) is 0 Å². The Kier molecular flexibility index (Phi) is 4.70. The van der Waals surface area contributed by atoms with Gasteiger partial charge in [-0.15, -0.1) is 5.10 Å². The summed E-state index contributed by atoms with van der Waals surface area (Å²) in [5, 5.41) is 8.26. The second kappa shape index (κ2) is 6.89. The SMILES string of the molecule is C/C(=C\c1ccco1)CN1CCC(n2cc(CN)nn2)CC1. The molecule has 6 nitrogen and oxygen atoms in total. The number of aromatic nitrogens is 3. The van der Waals surface area contributed by atoms with Gasteiger partial charge in [-0.25, -0.2) is 4.68 Å². The lowest BCUT2D eigenvalue weighted by Gasteiger charge is -2.31. The zero-order valence-corrected chi connectivity index (χ0v) is 13.0. The van der Waals surface area contributed by atoms with Crippen LogP contribution in [0.5, 0.6) is 0 Å². The molecule has 1 aliphatic rings. The first-order valence-electron chi connectivity index (χ1n) is 7.78. The topological polar surface area (TPSA) is 73.1 Å². The lowest BCUT2D eigenvalue weighted by atomic mass is 10.0. The minimum absolute atomic E-state index is 0.443. The van der Waals surface area contributed by atoms with Crippen molar-refractivity contribution in [2.45, 2.75) is 32.4 Å². The summed E-state index contributed by atoms with van der Waals surface area (Å²) in [5.74, 6) is 0.921. The summed E-state index contributed by atoms with van der Waals surface area (Å²) in [7, 11) is 0. The molecular weight excluding hydrogens is 278 g/mol. The molecule has 22 heavy (non-hydrogen) atoms. The molecule has 1 saturated heterocycles. The van der Waals surface area contributed by atoms with Gasteiger partial charge in [0, 0.05) is 26.2 Å². The first-order valence-corrected chi connectivity index (χ1v) is 7.78. The van der Waals surface area contributed by atoms with Crippen LogP contribution >= 0.6 is 0 Å². The van der Waals surface area contributed by atoms with Crippen LogP contribution in [0, 0.1) is 0 Å². The first-order chi connectivity index (χ1) is 10.7. The van der Waals surface area contributed by atoms with Gasteiger partial charge in [-0.05, 0) is 38.0 Å². The van der Waals surface area contributed by atoms with Crippen LogP contribution in [-0.4, -0.2) is 39.5 Å². The summed E-state index contributed by atoms with van der Waals surface area (Å²) < 4.78 is 7.33.